The lowest BCUT2D eigenvalue weighted by Gasteiger charge is -2.33. The molecule has 0 spiro atoms. The van der Waals surface area contributed by atoms with Gasteiger partial charge in [-0.05, 0) is 69.4 Å². The quantitative estimate of drug-likeness (QED) is 0.611. The fourth-order valence-corrected chi connectivity index (χ4v) is 5.07. The third-order valence-electron chi connectivity index (χ3n) is 7.23. The number of aliphatic hydroxyl groups excluding tert-OH is 1. The van der Waals surface area contributed by atoms with Crippen LogP contribution in [0, 0.1) is 5.92 Å². The first-order valence-electron chi connectivity index (χ1n) is 13.2. The number of benzene rings is 1. The largest absolute Gasteiger partial charge is 0.444 e. The minimum atomic E-state index is -0.582. The van der Waals surface area contributed by atoms with Crippen LogP contribution in [0.15, 0.2) is 30.5 Å². The standard InChI is InChI=1S/C28H39N5O4/c1-28(2,3)37-27(36)33-14-10-22(11-15-33)21-6-4-19(5-7-21)16-23-25(26(29)35)30-17-24(31-23)32-12-8-20(18-34)9-13-32/h4-7,17,20,22,34H,8-16,18H2,1-3H3,(H2,29,35). The van der Waals surface area contributed by atoms with Crippen molar-refractivity contribution < 1.29 is 19.4 Å². The van der Waals surface area contributed by atoms with Gasteiger partial charge in [0.05, 0.1) is 11.9 Å². The smallest absolute Gasteiger partial charge is 0.410 e. The van der Waals surface area contributed by atoms with E-state index in [1.165, 1.54) is 5.56 Å². The lowest BCUT2D eigenvalue weighted by molar-refractivity contribution is 0.0204. The molecule has 2 aliphatic heterocycles. The highest BCUT2D eigenvalue weighted by molar-refractivity contribution is 5.92. The number of piperidine rings is 2. The van der Waals surface area contributed by atoms with E-state index in [-0.39, 0.29) is 18.4 Å². The van der Waals surface area contributed by atoms with Crippen LogP contribution in [0.5, 0.6) is 0 Å². The summed E-state index contributed by atoms with van der Waals surface area (Å²) >= 11 is 0. The van der Waals surface area contributed by atoms with Crippen molar-refractivity contribution in [3.8, 4) is 0 Å². The Morgan fingerprint density at radius 2 is 1.70 bits per heavy atom. The molecule has 4 rings (SSSR count). The van der Waals surface area contributed by atoms with Crippen LogP contribution >= 0.6 is 0 Å². The van der Waals surface area contributed by atoms with Crippen LogP contribution in [-0.4, -0.2) is 70.4 Å². The summed E-state index contributed by atoms with van der Waals surface area (Å²) in [7, 11) is 0. The predicted molar refractivity (Wildman–Crippen MR) is 142 cm³/mol. The molecule has 2 fully saturated rings. The number of aliphatic hydroxyl groups is 1. The molecule has 1 aromatic carbocycles. The van der Waals surface area contributed by atoms with E-state index in [1.54, 1.807) is 11.1 Å². The lowest BCUT2D eigenvalue weighted by Crippen LogP contribution is -2.41. The first-order valence-corrected chi connectivity index (χ1v) is 13.2. The van der Waals surface area contributed by atoms with Crippen molar-refractivity contribution in [2.75, 3.05) is 37.7 Å². The Morgan fingerprint density at radius 1 is 1.05 bits per heavy atom. The fraction of sp³-hybridized carbons (Fsp3) is 0.571. The minimum Gasteiger partial charge on any atom is -0.444 e. The second kappa shape index (κ2) is 11.5. The highest BCUT2D eigenvalue weighted by Gasteiger charge is 2.27. The molecule has 9 heteroatoms. The monoisotopic (exact) mass is 509 g/mol. The summed E-state index contributed by atoms with van der Waals surface area (Å²) in [5.41, 5.74) is 8.17. The van der Waals surface area contributed by atoms with Crippen LogP contribution < -0.4 is 10.6 Å². The molecule has 0 saturated carbocycles. The van der Waals surface area contributed by atoms with Gasteiger partial charge in [0, 0.05) is 39.2 Å². The fourth-order valence-electron chi connectivity index (χ4n) is 5.07. The van der Waals surface area contributed by atoms with Gasteiger partial charge in [-0.3, -0.25) is 4.79 Å². The number of nitrogens with two attached hydrogens (primary N) is 1. The molecule has 3 N–H and O–H groups in total. The van der Waals surface area contributed by atoms with E-state index < -0.39 is 11.5 Å². The summed E-state index contributed by atoms with van der Waals surface area (Å²) in [5, 5.41) is 9.41. The molecule has 0 radical (unpaired) electrons. The van der Waals surface area contributed by atoms with Crippen LogP contribution in [0.25, 0.3) is 0 Å². The van der Waals surface area contributed by atoms with E-state index in [0.29, 0.717) is 37.0 Å². The number of rotatable bonds is 6. The molecule has 0 atom stereocenters. The average Bonchev–Trinajstić information content (AvgIpc) is 2.88. The molecule has 1 aromatic heterocycles. The van der Waals surface area contributed by atoms with Crippen LogP contribution in [-0.2, 0) is 11.2 Å². The second-order valence-corrected chi connectivity index (χ2v) is 11.2. The Bertz CT molecular complexity index is 1080. The van der Waals surface area contributed by atoms with Crippen molar-refractivity contribution in [1.82, 2.24) is 14.9 Å². The number of hydrogen-bond acceptors (Lipinski definition) is 7. The van der Waals surface area contributed by atoms with E-state index in [4.69, 9.17) is 15.5 Å². The van der Waals surface area contributed by atoms with Gasteiger partial charge in [0.2, 0.25) is 0 Å². The van der Waals surface area contributed by atoms with E-state index in [1.807, 2.05) is 20.8 Å². The van der Waals surface area contributed by atoms with Crippen LogP contribution in [0.1, 0.15) is 79.7 Å². The van der Waals surface area contributed by atoms with E-state index in [0.717, 1.165) is 50.2 Å². The third kappa shape index (κ3) is 6.97. The number of ether oxygens (including phenoxy) is 1. The molecule has 9 nitrogen and oxygen atoms in total. The first kappa shape index (κ1) is 26.9. The molecule has 200 valence electrons. The molecule has 37 heavy (non-hydrogen) atoms. The van der Waals surface area contributed by atoms with Gasteiger partial charge in [0.25, 0.3) is 5.91 Å². The van der Waals surface area contributed by atoms with Gasteiger partial charge in [-0.2, -0.15) is 0 Å². The predicted octanol–water partition coefficient (Wildman–Crippen LogP) is 3.49. The zero-order chi connectivity index (χ0) is 26.6. The van der Waals surface area contributed by atoms with Crippen molar-refractivity contribution in [2.24, 2.45) is 11.7 Å². The summed E-state index contributed by atoms with van der Waals surface area (Å²) in [5.74, 6) is 0.877. The van der Waals surface area contributed by atoms with E-state index >= 15 is 0 Å². The topological polar surface area (TPSA) is 122 Å². The highest BCUT2D eigenvalue weighted by Crippen LogP contribution is 2.29. The molecule has 2 aromatic rings. The highest BCUT2D eigenvalue weighted by atomic mass is 16.6. The van der Waals surface area contributed by atoms with Gasteiger partial charge in [-0.15, -0.1) is 0 Å². The zero-order valence-electron chi connectivity index (χ0n) is 22.2. The van der Waals surface area contributed by atoms with Crippen molar-refractivity contribution in [2.45, 2.75) is 64.4 Å². The third-order valence-corrected chi connectivity index (χ3v) is 7.23. The van der Waals surface area contributed by atoms with E-state index in [9.17, 15) is 14.7 Å². The molecule has 0 aliphatic carbocycles. The molecular formula is C28H39N5O4. The number of nitrogens with zero attached hydrogens (tertiary/aromatic N) is 4. The summed E-state index contributed by atoms with van der Waals surface area (Å²) in [6.07, 6.45) is 5.44. The van der Waals surface area contributed by atoms with Gasteiger partial charge in [0.1, 0.15) is 17.1 Å². The average molecular weight is 510 g/mol. The number of aromatic nitrogens is 2. The first-order chi connectivity index (χ1) is 17.6. The maximum atomic E-state index is 12.4. The Labute approximate surface area is 219 Å². The summed E-state index contributed by atoms with van der Waals surface area (Å²) in [6, 6.07) is 8.40. The SMILES string of the molecule is CC(C)(C)OC(=O)N1CCC(c2ccc(Cc3nc(N4CCC(CO)CC4)cnc3C(N)=O)cc2)CC1. The molecule has 2 aliphatic rings. The van der Waals surface area contributed by atoms with Gasteiger partial charge in [0.15, 0.2) is 0 Å². The van der Waals surface area contributed by atoms with Crippen LogP contribution in [0.2, 0.25) is 0 Å². The Morgan fingerprint density at radius 3 is 2.27 bits per heavy atom. The van der Waals surface area contributed by atoms with Crippen molar-refractivity contribution in [3.05, 3.63) is 53.0 Å². The van der Waals surface area contributed by atoms with Crippen molar-refractivity contribution >= 4 is 17.8 Å². The number of hydrogen-bond donors (Lipinski definition) is 2. The number of carbonyl (C=O) groups excluding carboxylic acids is 2. The minimum absolute atomic E-state index is 0.201. The van der Waals surface area contributed by atoms with Crippen LogP contribution in [0.3, 0.4) is 0 Å². The maximum absolute atomic E-state index is 12.4. The number of likely N-dealkylation sites (tertiary alicyclic amines) is 1. The Kier molecular flexibility index (Phi) is 8.32. The molecular weight excluding hydrogens is 470 g/mol. The Hall–Kier alpha value is -3.20. The summed E-state index contributed by atoms with van der Waals surface area (Å²) in [6.45, 7) is 8.83. The number of carbonyl (C=O) groups is 2. The summed E-state index contributed by atoms with van der Waals surface area (Å²) in [4.78, 5) is 37.5. The molecule has 3 heterocycles. The lowest BCUT2D eigenvalue weighted by atomic mass is 9.89. The maximum Gasteiger partial charge on any atom is 0.410 e. The second-order valence-electron chi connectivity index (χ2n) is 11.2. The van der Waals surface area contributed by atoms with Gasteiger partial charge < -0.3 is 25.4 Å². The number of primary amides is 1. The van der Waals surface area contributed by atoms with E-state index in [2.05, 4.69) is 34.1 Å². The summed E-state index contributed by atoms with van der Waals surface area (Å²) < 4.78 is 5.50. The number of anilines is 1. The zero-order valence-corrected chi connectivity index (χ0v) is 22.2. The normalized spacial score (nSPS) is 17.6. The van der Waals surface area contributed by atoms with Gasteiger partial charge >= 0.3 is 6.09 Å². The number of amides is 2. The van der Waals surface area contributed by atoms with Crippen molar-refractivity contribution in [3.63, 3.8) is 0 Å². The van der Waals surface area contributed by atoms with Gasteiger partial charge in [-0.25, -0.2) is 14.8 Å². The molecule has 0 bridgehead atoms. The Balaban J connectivity index is 1.40. The van der Waals surface area contributed by atoms with Crippen LogP contribution in [0.4, 0.5) is 10.6 Å². The molecule has 2 amide bonds. The molecule has 2 saturated heterocycles. The molecule has 0 unspecified atom stereocenters. The van der Waals surface area contributed by atoms with Crippen molar-refractivity contribution in [1.29, 1.82) is 0 Å². The van der Waals surface area contributed by atoms with Gasteiger partial charge in [-0.1, -0.05) is 24.3 Å².